The highest BCUT2D eigenvalue weighted by molar-refractivity contribution is 6.16. The van der Waals surface area contributed by atoms with Gasteiger partial charge in [0.25, 0.3) is 0 Å². The van der Waals surface area contributed by atoms with Crippen LogP contribution in [0.3, 0.4) is 0 Å². The molecule has 0 amide bonds. The number of carboxylic acid groups (broad SMARTS) is 2. The number of aliphatic carboxylic acids is 2. The van der Waals surface area contributed by atoms with Gasteiger partial charge in [-0.05, 0) is 43.9 Å². The number of carboxylic acids is 2. The van der Waals surface area contributed by atoms with Crippen molar-refractivity contribution in [1.82, 2.24) is 10.2 Å². The van der Waals surface area contributed by atoms with E-state index in [0.29, 0.717) is 41.9 Å². The Labute approximate surface area is 225 Å². The highest BCUT2D eigenvalue weighted by Gasteiger charge is 2.38. The molecule has 2 heterocycles. The van der Waals surface area contributed by atoms with Crippen LogP contribution in [0.25, 0.3) is 0 Å². The van der Waals surface area contributed by atoms with Gasteiger partial charge in [-0.1, -0.05) is 0 Å². The predicted octanol–water partition coefficient (Wildman–Crippen LogP) is 1.66. The molecule has 39 heavy (non-hydrogen) atoms. The van der Waals surface area contributed by atoms with Gasteiger partial charge in [0.2, 0.25) is 11.8 Å². The zero-order valence-corrected chi connectivity index (χ0v) is 22.2. The first-order chi connectivity index (χ1) is 18.6. The Morgan fingerprint density at radius 2 is 1.74 bits per heavy atom. The van der Waals surface area contributed by atoms with Crippen LogP contribution in [0.4, 0.5) is 0 Å². The van der Waals surface area contributed by atoms with Crippen LogP contribution in [0.1, 0.15) is 55.2 Å². The number of aliphatic hydroxyl groups excluding tert-OH is 2. The molecule has 4 rings (SSSR count). The van der Waals surface area contributed by atoms with Gasteiger partial charge in [-0.2, -0.15) is 0 Å². The first-order valence-corrected chi connectivity index (χ1v) is 12.3. The number of carbonyl (C=O) groups is 2. The van der Waals surface area contributed by atoms with Crippen molar-refractivity contribution in [2.45, 2.75) is 56.8 Å². The molecule has 2 aromatic rings. The highest BCUT2D eigenvalue weighted by Crippen LogP contribution is 2.45. The standard InChI is InChI=1S/C22H27N3O5.C4H6O5/c1-5-30-19-9-13-14-8-12(26)6-7-17(14)23-21(15(13)10-18(19)27-2)16-11-20(28-3)24-25-22(16)29-4;5-2(4(8)9)1-3(6)7/h9-12,14,17,26H,5-8H2,1-4H3;2,5H,1H2,(H,6,7)(H,8,9)/t12-,14-,17-;2-/m11/s1. The summed E-state index contributed by atoms with van der Waals surface area (Å²) >= 11 is 0. The van der Waals surface area contributed by atoms with E-state index in [-0.39, 0.29) is 18.1 Å². The summed E-state index contributed by atoms with van der Waals surface area (Å²) in [6.07, 6.45) is -0.663. The first-order valence-electron chi connectivity index (χ1n) is 12.3. The van der Waals surface area contributed by atoms with Crippen LogP contribution >= 0.6 is 0 Å². The minimum absolute atomic E-state index is 0.0580. The molecule has 4 N–H and O–H groups in total. The number of aromatic nitrogens is 2. The molecule has 1 saturated carbocycles. The second kappa shape index (κ2) is 13.2. The second-order valence-corrected chi connectivity index (χ2v) is 8.90. The Morgan fingerprint density at radius 3 is 2.31 bits per heavy atom. The lowest BCUT2D eigenvalue weighted by molar-refractivity contribution is -0.152. The third-order valence-electron chi connectivity index (χ3n) is 6.42. The van der Waals surface area contributed by atoms with Crippen LogP contribution < -0.4 is 18.9 Å². The molecule has 13 nitrogen and oxygen atoms in total. The van der Waals surface area contributed by atoms with Crippen LogP contribution in [0.15, 0.2) is 23.2 Å². The van der Waals surface area contributed by atoms with Crippen molar-refractivity contribution >= 4 is 17.7 Å². The zero-order chi connectivity index (χ0) is 28.7. The number of methoxy groups -OCH3 is 3. The maximum absolute atomic E-state index is 10.3. The molecule has 2 aliphatic rings. The van der Waals surface area contributed by atoms with E-state index < -0.39 is 24.5 Å². The van der Waals surface area contributed by atoms with E-state index in [9.17, 15) is 14.7 Å². The van der Waals surface area contributed by atoms with Crippen molar-refractivity contribution in [3.05, 3.63) is 34.9 Å². The SMILES string of the molecule is CCOc1cc2c(cc1OC)C(c1cc(OC)nnc1OC)=N[C@@H]1CC[C@@H](O)C[C@H]21.O=C(O)C[C@@H](O)C(=O)O. The van der Waals surface area contributed by atoms with E-state index in [1.807, 2.05) is 19.1 Å². The maximum Gasteiger partial charge on any atom is 0.333 e. The molecule has 0 bridgehead atoms. The van der Waals surface area contributed by atoms with Gasteiger partial charge in [0.15, 0.2) is 17.6 Å². The van der Waals surface area contributed by atoms with Gasteiger partial charge in [-0.3, -0.25) is 9.79 Å². The lowest BCUT2D eigenvalue weighted by Crippen LogP contribution is -2.34. The molecule has 0 saturated heterocycles. The van der Waals surface area contributed by atoms with Gasteiger partial charge in [-0.25, -0.2) is 4.79 Å². The molecule has 212 valence electrons. The Kier molecular flexibility index (Phi) is 10.0. The Morgan fingerprint density at radius 1 is 1.00 bits per heavy atom. The normalized spacial score (nSPS) is 20.2. The molecule has 4 atom stereocenters. The first kappa shape index (κ1) is 29.6. The van der Waals surface area contributed by atoms with Crippen molar-refractivity contribution in [2.75, 3.05) is 27.9 Å². The number of hydrogen-bond acceptors (Lipinski definition) is 11. The molecular formula is C26H33N3O10. The summed E-state index contributed by atoms with van der Waals surface area (Å²) in [7, 11) is 4.73. The van der Waals surface area contributed by atoms with E-state index in [1.54, 1.807) is 27.4 Å². The van der Waals surface area contributed by atoms with Gasteiger partial charge >= 0.3 is 11.9 Å². The maximum atomic E-state index is 10.3. The number of aliphatic imine (C=N–C) groups is 1. The van der Waals surface area contributed by atoms with Crippen molar-refractivity contribution < 1.29 is 49.0 Å². The third-order valence-corrected chi connectivity index (χ3v) is 6.42. The van der Waals surface area contributed by atoms with Crippen LogP contribution in [-0.4, -0.2) is 94.5 Å². The Balaban J connectivity index is 0.000000403. The monoisotopic (exact) mass is 547 g/mol. The topological polar surface area (TPSA) is 190 Å². The average Bonchev–Trinajstić information content (AvgIpc) is 2.92. The molecule has 0 unspecified atom stereocenters. The quantitative estimate of drug-likeness (QED) is 0.356. The van der Waals surface area contributed by atoms with Crippen LogP contribution in [0, 0.1) is 0 Å². The molecule has 1 aromatic carbocycles. The predicted molar refractivity (Wildman–Crippen MR) is 137 cm³/mol. The van der Waals surface area contributed by atoms with E-state index in [0.717, 1.165) is 29.7 Å². The lowest BCUT2D eigenvalue weighted by Gasteiger charge is -2.37. The summed E-state index contributed by atoms with van der Waals surface area (Å²) in [4.78, 5) is 24.5. The molecule has 1 aromatic heterocycles. The van der Waals surface area contributed by atoms with Crippen LogP contribution in [0.5, 0.6) is 23.3 Å². The summed E-state index contributed by atoms with van der Waals surface area (Å²) in [5.41, 5.74) is 3.47. The number of nitrogens with zero attached hydrogens (tertiary/aromatic N) is 3. The number of fused-ring (bicyclic) bond motifs is 3. The molecule has 0 spiro atoms. The molecule has 1 aliphatic heterocycles. The van der Waals surface area contributed by atoms with Gasteiger partial charge in [0.05, 0.1) is 57.8 Å². The lowest BCUT2D eigenvalue weighted by atomic mass is 9.74. The summed E-state index contributed by atoms with van der Waals surface area (Å²) in [6, 6.07) is 5.82. The van der Waals surface area contributed by atoms with Gasteiger partial charge in [0, 0.05) is 17.5 Å². The fraction of sp³-hybridized carbons (Fsp3) is 0.500. The Hall–Kier alpha value is -3.97. The number of rotatable bonds is 9. The minimum Gasteiger partial charge on any atom is -0.493 e. The van der Waals surface area contributed by atoms with Crippen molar-refractivity contribution in [1.29, 1.82) is 0 Å². The zero-order valence-electron chi connectivity index (χ0n) is 22.2. The third kappa shape index (κ3) is 6.92. The van der Waals surface area contributed by atoms with Gasteiger partial charge in [-0.15, -0.1) is 10.2 Å². The van der Waals surface area contributed by atoms with E-state index in [2.05, 4.69) is 10.2 Å². The van der Waals surface area contributed by atoms with Crippen LogP contribution in [0.2, 0.25) is 0 Å². The Bertz CT molecular complexity index is 1220. The van der Waals surface area contributed by atoms with E-state index in [4.69, 9.17) is 39.3 Å². The number of benzene rings is 1. The summed E-state index contributed by atoms with van der Waals surface area (Å²) in [5.74, 6) is -0.651. The second-order valence-electron chi connectivity index (χ2n) is 8.90. The van der Waals surface area contributed by atoms with Crippen LogP contribution in [-0.2, 0) is 9.59 Å². The molecule has 1 fully saturated rings. The van der Waals surface area contributed by atoms with Crippen molar-refractivity contribution in [3.63, 3.8) is 0 Å². The van der Waals surface area contributed by atoms with Crippen molar-refractivity contribution in [2.24, 2.45) is 4.99 Å². The fourth-order valence-corrected chi connectivity index (χ4v) is 4.62. The van der Waals surface area contributed by atoms with Crippen molar-refractivity contribution in [3.8, 4) is 23.3 Å². The number of aliphatic hydroxyl groups is 2. The minimum atomic E-state index is -1.79. The molecule has 1 aliphatic carbocycles. The van der Waals surface area contributed by atoms with Gasteiger partial charge < -0.3 is 39.4 Å². The summed E-state index contributed by atoms with van der Waals surface area (Å²) in [5, 5.41) is 42.6. The summed E-state index contributed by atoms with van der Waals surface area (Å²) in [6.45, 7) is 2.48. The number of ether oxygens (including phenoxy) is 4. The van der Waals surface area contributed by atoms with E-state index in [1.165, 1.54) is 0 Å². The molecule has 0 radical (unpaired) electrons. The smallest absolute Gasteiger partial charge is 0.333 e. The fourth-order valence-electron chi connectivity index (χ4n) is 4.62. The number of hydrogen-bond donors (Lipinski definition) is 4. The highest BCUT2D eigenvalue weighted by atomic mass is 16.5. The largest absolute Gasteiger partial charge is 0.493 e. The molecule has 13 heteroatoms. The van der Waals surface area contributed by atoms with E-state index >= 15 is 0 Å². The average molecular weight is 548 g/mol. The van der Waals surface area contributed by atoms with Gasteiger partial charge in [0.1, 0.15) is 0 Å². The summed E-state index contributed by atoms with van der Waals surface area (Å²) < 4.78 is 22.2. The molecular weight excluding hydrogens is 514 g/mol.